The maximum Gasteiger partial charge on any atom is 0.0550 e. The van der Waals surface area contributed by atoms with Gasteiger partial charge in [-0.2, -0.15) is 0 Å². The number of aliphatic hydroxyl groups is 2. The molecule has 0 aliphatic heterocycles. The van der Waals surface area contributed by atoms with Crippen molar-refractivity contribution in [3.63, 3.8) is 0 Å². The Kier molecular flexibility index (Phi) is 5.44. The molecule has 2 nitrogen and oxygen atoms in total. The van der Waals surface area contributed by atoms with Crippen LogP contribution in [-0.4, -0.2) is 23.4 Å². The maximum atomic E-state index is 9.65. The van der Waals surface area contributed by atoms with Crippen LogP contribution in [0.15, 0.2) is 24.3 Å². The van der Waals surface area contributed by atoms with E-state index in [1.54, 1.807) is 6.07 Å². The second-order valence-electron chi connectivity index (χ2n) is 5.01. The Hall–Kier alpha value is -0.570. The topological polar surface area (TPSA) is 40.5 Å². The number of benzene rings is 1. The molecule has 0 heterocycles. The molecule has 1 aromatic carbocycles. The smallest absolute Gasteiger partial charge is 0.0550 e. The zero-order chi connectivity index (χ0) is 12.9. The van der Waals surface area contributed by atoms with Gasteiger partial charge in [-0.3, -0.25) is 0 Å². The minimum Gasteiger partial charge on any atom is -0.395 e. The summed E-state index contributed by atoms with van der Waals surface area (Å²) in [6.45, 7) is 4.10. The van der Waals surface area contributed by atoms with Crippen LogP contribution in [0, 0.1) is 5.92 Å². The Bertz CT molecular complexity index is 346. The van der Waals surface area contributed by atoms with Crippen LogP contribution in [0.5, 0.6) is 0 Å². The van der Waals surface area contributed by atoms with Crippen molar-refractivity contribution >= 4 is 11.6 Å². The van der Waals surface area contributed by atoms with E-state index in [-0.39, 0.29) is 13.2 Å². The number of hydrogen-bond acceptors (Lipinski definition) is 2. The molecule has 0 aliphatic rings. The van der Waals surface area contributed by atoms with Crippen LogP contribution in [0.3, 0.4) is 0 Å². The molecule has 0 spiro atoms. The summed E-state index contributed by atoms with van der Waals surface area (Å²) in [5.74, 6) is 0.537. The Morgan fingerprint density at radius 3 is 2.24 bits per heavy atom. The largest absolute Gasteiger partial charge is 0.395 e. The van der Waals surface area contributed by atoms with Crippen molar-refractivity contribution in [1.82, 2.24) is 0 Å². The molecule has 96 valence electrons. The molecule has 0 aliphatic carbocycles. The SMILES string of the molecule is CC(C)CCC(CO)(CO)c1ccccc1Cl. The van der Waals surface area contributed by atoms with E-state index in [4.69, 9.17) is 11.6 Å². The molecule has 0 saturated carbocycles. The van der Waals surface area contributed by atoms with Gasteiger partial charge in [0.1, 0.15) is 0 Å². The number of hydrogen-bond donors (Lipinski definition) is 2. The van der Waals surface area contributed by atoms with Crippen LogP contribution in [0.25, 0.3) is 0 Å². The molecule has 0 aromatic heterocycles. The molecule has 17 heavy (non-hydrogen) atoms. The van der Waals surface area contributed by atoms with Gasteiger partial charge >= 0.3 is 0 Å². The first kappa shape index (κ1) is 14.5. The predicted octanol–water partition coefficient (Wildman–Crippen LogP) is 3.00. The van der Waals surface area contributed by atoms with Crippen LogP contribution in [-0.2, 0) is 5.41 Å². The van der Waals surface area contributed by atoms with E-state index in [1.165, 1.54) is 0 Å². The molecule has 0 unspecified atom stereocenters. The Balaban J connectivity index is 3.02. The molecule has 0 fully saturated rings. The number of halogens is 1. The van der Waals surface area contributed by atoms with Crippen LogP contribution in [0.1, 0.15) is 32.3 Å². The van der Waals surface area contributed by atoms with E-state index in [9.17, 15) is 10.2 Å². The van der Waals surface area contributed by atoms with Gasteiger partial charge in [0.15, 0.2) is 0 Å². The molecule has 0 atom stereocenters. The van der Waals surface area contributed by atoms with E-state index in [1.807, 2.05) is 18.2 Å². The van der Waals surface area contributed by atoms with Crippen molar-refractivity contribution in [3.05, 3.63) is 34.9 Å². The zero-order valence-corrected chi connectivity index (χ0v) is 11.2. The molecule has 3 heteroatoms. The standard InChI is InChI=1S/C14H21ClO2/c1-11(2)7-8-14(9-16,10-17)12-5-3-4-6-13(12)15/h3-6,11,16-17H,7-10H2,1-2H3. The zero-order valence-electron chi connectivity index (χ0n) is 10.5. The van der Waals surface area contributed by atoms with E-state index in [0.717, 1.165) is 18.4 Å². The van der Waals surface area contributed by atoms with E-state index < -0.39 is 5.41 Å². The lowest BCUT2D eigenvalue weighted by Gasteiger charge is -2.32. The van der Waals surface area contributed by atoms with E-state index in [2.05, 4.69) is 13.8 Å². The Labute approximate surface area is 108 Å². The van der Waals surface area contributed by atoms with Crippen LogP contribution < -0.4 is 0 Å². The quantitative estimate of drug-likeness (QED) is 0.822. The average Bonchev–Trinajstić information content (AvgIpc) is 2.32. The Morgan fingerprint density at radius 2 is 1.76 bits per heavy atom. The predicted molar refractivity (Wildman–Crippen MR) is 71.4 cm³/mol. The lowest BCUT2D eigenvalue weighted by atomic mass is 9.76. The van der Waals surface area contributed by atoms with Gasteiger partial charge in [0, 0.05) is 10.4 Å². The minimum absolute atomic E-state index is 0.0834. The van der Waals surface area contributed by atoms with Gasteiger partial charge in [-0.1, -0.05) is 43.6 Å². The van der Waals surface area contributed by atoms with Crippen molar-refractivity contribution in [2.24, 2.45) is 5.92 Å². The van der Waals surface area contributed by atoms with Gasteiger partial charge in [0.2, 0.25) is 0 Å². The second-order valence-corrected chi connectivity index (χ2v) is 5.42. The highest BCUT2D eigenvalue weighted by Crippen LogP contribution is 2.34. The summed E-state index contributed by atoms with van der Waals surface area (Å²) < 4.78 is 0. The fraction of sp³-hybridized carbons (Fsp3) is 0.571. The van der Waals surface area contributed by atoms with Crippen molar-refractivity contribution in [1.29, 1.82) is 0 Å². The molecule has 2 N–H and O–H groups in total. The van der Waals surface area contributed by atoms with Crippen LogP contribution in [0.2, 0.25) is 5.02 Å². The summed E-state index contributed by atoms with van der Waals surface area (Å²) in [5, 5.41) is 19.9. The molecular weight excluding hydrogens is 236 g/mol. The van der Waals surface area contributed by atoms with Crippen molar-refractivity contribution in [2.75, 3.05) is 13.2 Å². The van der Waals surface area contributed by atoms with Crippen molar-refractivity contribution in [2.45, 2.75) is 32.1 Å². The molecule has 0 saturated heterocycles. The van der Waals surface area contributed by atoms with Crippen LogP contribution in [0.4, 0.5) is 0 Å². The first-order valence-electron chi connectivity index (χ1n) is 6.02. The third kappa shape index (κ3) is 3.44. The average molecular weight is 257 g/mol. The normalized spacial score (nSPS) is 12.1. The lowest BCUT2D eigenvalue weighted by molar-refractivity contribution is 0.105. The molecule has 0 radical (unpaired) electrons. The summed E-state index contributed by atoms with van der Waals surface area (Å²) in [4.78, 5) is 0. The highest BCUT2D eigenvalue weighted by atomic mass is 35.5. The Morgan fingerprint density at radius 1 is 1.18 bits per heavy atom. The molecule has 1 aromatic rings. The van der Waals surface area contributed by atoms with Gasteiger partial charge in [-0.25, -0.2) is 0 Å². The highest BCUT2D eigenvalue weighted by molar-refractivity contribution is 6.31. The molecular formula is C14H21ClO2. The summed E-state index contributed by atoms with van der Waals surface area (Å²) in [5.41, 5.74) is 0.218. The second kappa shape index (κ2) is 6.39. The number of rotatable bonds is 6. The monoisotopic (exact) mass is 256 g/mol. The van der Waals surface area contributed by atoms with Crippen molar-refractivity contribution in [3.8, 4) is 0 Å². The van der Waals surface area contributed by atoms with Gasteiger partial charge in [-0.15, -0.1) is 0 Å². The third-order valence-corrected chi connectivity index (χ3v) is 3.58. The summed E-state index contributed by atoms with van der Waals surface area (Å²) in [6, 6.07) is 7.42. The van der Waals surface area contributed by atoms with Gasteiger partial charge in [-0.05, 0) is 30.4 Å². The van der Waals surface area contributed by atoms with E-state index in [0.29, 0.717) is 10.9 Å². The summed E-state index contributed by atoms with van der Waals surface area (Å²) in [7, 11) is 0. The van der Waals surface area contributed by atoms with E-state index >= 15 is 0 Å². The van der Waals surface area contributed by atoms with Crippen molar-refractivity contribution < 1.29 is 10.2 Å². The lowest BCUT2D eigenvalue weighted by Crippen LogP contribution is -2.35. The summed E-state index contributed by atoms with van der Waals surface area (Å²) >= 11 is 6.16. The van der Waals surface area contributed by atoms with Gasteiger partial charge in [0.25, 0.3) is 0 Å². The highest BCUT2D eigenvalue weighted by Gasteiger charge is 2.32. The molecule has 0 amide bonds. The first-order chi connectivity index (χ1) is 8.05. The molecule has 1 rings (SSSR count). The maximum absolute atomic E-state index is 9.65. The van der Waals surface area contributed by atoms with Crippen LogP contribution >= 0.6 is 11.6 Å². The fourth-order valence-electron chi connectivity index (χ4n) is 1.97. The first-order valence-corrected chi connectivity index (χ1v) is 6.40. The molecule has 0 bridgehead atoms. The summed E-state index contributed by atoms with van der Waals surface area (Å²) in [6.07, 6.45) is 1.69. The fourth-order valence-corrected chi connectivity index (χ4v) is 2.31. The van der Waals surface area contributed by atoms with Gasteiger partial charge < -0.3 is 10.2 Å². The minimum atomic E-state index is -0.622. The number of aliphatic hydroxyl groups excluding tert-OH is 2. The van der Waals surface area contributed by atoms with Gasteiger partial charge in [0.05, 0.1) is 13.2 Å². The third-order valence-electron chi connectivity index (χ3n) is 3.25.